The summed E-state index contributed by atoms with van der Waals surface area (Å²) in [5, 5.41) is 8.80. The molecule has 6 heteroatoms. The molecule has 25 heavy (non-hydrogen) atoms. The van der Waals surface area contributed by atoms with Crippen LogP contribution < -0.4 is 15.4 Å². The van der Waals surface area contributed by atoms with E-state index in [9.17, 15) is 0 Å². The molecule has 2 N–H and O–H groups in total. The van der Waals surface area contributed by atoms with Gasteiger partial charge in [-0.05, 0) is 56.0 Å². The number of ether oxygens (including phenoxy) is 2. The van der Waals surface area contributed by atoms with E-state index in [1.165, 1.54) is 4.88 Å². The van der Waals surface area contributed by atoms with E-state index in [4.69, 9.17) is 9.47 Å². The molecule has 1 heterocycles. The highest BCUT2D eigenvalue weighted by molar-refractivity contribution is 7.09. The molecule has 0 aliphatic carbocycles. The van der Waals surface area contributed by atoms with Crippen LogP contribution in [0.4, 0.5) is 5.69 Å². The molecule has 0 radical (unpaired) electrons. The lowest BCUT2D eigenvalue weighted by Gasteiger charge is -2.14. The number of guanidine groups is 1. The first-order chi connectivity index (χ1) is 12.2. The predicted molar refractivity (Wildman–Crippen MR) is 106 cm³/mol. The van der Waals surface area contributed by atoms with E-state index in [1.54, 1.807) is 18.4 Å². The summed E-state index contributed by atoms with van der Waals surface area (Å²) in [6.07, 6.45) is 1.15. The molecule has 5 nitrogen and oxygen atoms in total. The van der Waals surface area contributed by atoms with Crippen molar-refractivity contribution in [3.63, 3.8) is 0 Å². The number of hydrogen-bond donors (Lipinski definition) is 2. The third-order valence-corrected chi connectivity index (χ3v) is 4.23. The molecule has 0 bridgehead atoms. The Morgan fingerprint density at radius 2 is 2.00 bits per heavy atom. The van der Waals surface area contributed by atoms with Crippen molar-refractivity contribution in [1.29, 1.82) is 0 Å². The van der Waals surface area contributed by atoms with Gasteiger partial charge in [0.2, 0.25) is 0 Å². The molecule has 2 aromatic rings. The fourth-order valence-electron chi connectivity index (χ4n) is 2.17. The number of anilines is 1. The average molecular weight is 362 g/mol. The molecule has 2 rings (SSSR count). The van der Waals surface area contributed by atoms with E-state index < -0.39 is 0 Å². The van der Waals surface area contributed by atoms with Crippen LogP contribution in [0.5, 0.6) is 5.75 Å². The van der Waals surface area contributed by atoms with E-state index in [2.05, 4.69) is 33.1 Å². The van der Waals surface area contributed by atoms with Crippen LogP contribution in [0.25, 0.3) is 0 Å². The number of thiophene rings is 1. The summed E-state index contributed by atoms with van der Waals surface area (Å²) < 4.78 is 10.8. The van der Waals surface area contributed by atoms with Crippen molar-refractivity contribution < 1.29 is 9.47 Å². The summed E-state index contributed by atoms with van der Waals surface area (Å²) in [6.45, 7) is 6.07. The van der Waals surface area contributed by atoms with Crippen LogP contribution in [-0.4, -0.2) is 38.9 Å². The normalized spacial score (nSPS) is 11.6. The van der Waals surface area contributed by atoms with Crippen LogP contribution in [0.15, 0.2) is 46.8 Å². The van der Waals surface area contributed by atoms with Gasteiger partial charge in [-0.25, -0.2) is 0 Å². The standard InChI is InChI=1S/C19H27N3O2S/c1-15(2)24-17-8-6-16(7-9-17)22-19(21-12-13-23-3)20-11-10-18-5-4-14-25-18/h4-9,14-15H,10-13H2,1-3H3,(H2,20,21,22). The van der Waals surface area contributed by atoms with Gasteiger partial charge in [0.1, 0.15) is 5.75 Å². The van der Waals surface area contributed by atoms with Crippen LogP contribution in [0.3, 0.4) is 0 Å². The molecule has 0 aliphatic heterocycles. The van der Waals surface area contributed by atoms with Crippen LogP contribution in [0.2, 0.25) is 0 Å². The molecule has 1 aromatic heterocycles. The Morgan fingerprint density at radius 1 is 1.20 bits per heavy atom. The molecule has 0 aliphatic rings. The van der Waals surface area contributed by atoms with Gasteiger partial charge >= 0.3 is 0 Å². The summed E-state index contributed by atoms with van der Waals surface area (Å²) in [5.74, 6) is 1.62. The van der Waals surface area contributed by atoms with Crippen LogP contribution >= 0.6 is 11.3 Å². The van der Waals surface area contributed by atoms with Gasteiger partial charge in [0.15, 0.2) is 5.96 Å². The molecule has 0 saturated carbocycles. The highest BCUT2D eigenvalue weighted by Gasteiger charge is 2.03. The van der Waals surface area contributed by atoms with Gasteiger partial charge in [0.05, 0.1) is 19.3 Å². The topological polar surface area (TPSA) is 54.9 Å². The summed E-state index contributed by atoms with van der Waals surface area (Å²) in [6, 6.07) is 12.1. The summed E-state index contributed by atoms with van der Waals surface area (Å²) in [5.41, 5.74) is 0.968. The second-order valence-electron chi connectivity index (χ2n) is 5.80. The van der Waals surface area contributed by atoms with Gasteiger partial charge in [0, 0.05) is 24.2 Å². The molecule has 0 fully saturated rings. The van der Waals surface area contributed by atoms with Crippen molar-refractivity contribution in [2.24, 2.45) is 4.99 Å². The zero-order valence-corrected chi connectivity index (χ0v) is 15.9. The average Bonchev–Trinajstić information content (AvgIpc) is 3.09. The number of benzene rings is 1. The number of nitrogens with one attached hydrogen (secondary N) is 2. The highest BCUT2D eigenvalue weighted by atomic mass is 32.1. The Hall–Kier alpha value is -2.05. The molecule has 0 spiro atoms. The zero-order valence-electron chi connectivity index (χ0n) is 15.1. The van der Waals surface area contributed by atoms with E-state index in [-0.39, 0.29) is 6.10 Å². The minimum Gasteiger partial charge on any atom is -0.491 e. The minimum atomic E-state index is 0.170. The number of aliphatic imine (C=N–C) groups is 1. The second-order valence-corrected chi connectivity index (χ2v) is 6.83. The summed E-state index contributed by atoms with van der Waals surface area (Å²) >= 11 is 1.77. The van der Waals surface area contributed by atoms with Gasteiger partial charge in [-0.2, -0.15) is 0 Å². The largest absolute Gasteiger partial charge is 0.491 e. The first kappa shape index (κ1) is 19.3. The van der Waals surface area contributed by atoms with Crippen molar-refractivity contribution in [2.45, 2.75) is 26.4 Å². The molecule has 0 atom stereocenters. The summed E-state index contributed by atoms with van der Waals surface area (Å²) in [7, 11) is 1.68. The van der Waals surface area contributed by atoms with Crippen molar-refractivity contribution in [3.05, 3.63) is 46.7 Å². The Morgan fingerprint density at radius 3 is 2.64 bits per heavy atom. The number of methoxy groups -OCH3 is 1. The molecule has 0 saturated heterocycles. The highest BCUT2D eigenvalue weighted by Crippen LogP contribution is 2.16. The lowest BCUT2D eigenvalue weighted by atomic mass is 10.3. The maximum atomic E-state index is 5.67. The second kappa shape index (κ2) is 10.7. The first-order valence-electron chi connectivity index (χ1n) is 8.50. The third kappa shape index (κ3) is 7.58. The number of nitrogens with zero attached hydrogens (tertiary/aromatic N) is 1. The smallest absolute Gasteiger partial charge is 0.195 e. The van der Waals surface area contributed by atoms with Crippen molar-refractivity contribution >= 4 is 23.0 Å². The predicted octanol–water partition coefficient (Wildman–Crippen LogP) is 3.78. The molecule has 0 amide bonds. The number of hydrogen-bond acceptors (Lipinski definition) is 4. The van der Waals surface area contributed by atoms with Crippen LogP contribution in [0.1, 0.15) is 18.7 Å². The van der Waals surface area contributed by atoms with E-state index in [0.29, 0.717) is 13.2 Å². The maximum absolute atomic E-state index is 5.67. The van der Waals surface area contributed by atoms with Gasteiger partial charge in [0.25, 0.3) is 0 Å². The fraction of sp³-hybridized carbons (Fsp3) is 0.421. The van der Waals surface area contributed by atoms with Gasteiger partial charge in [-0.15, -0.1) is 11.3 Å². The van der Waals surface area contributed by atoms with Crippen molar-refractivity contribution in [3.8, 4) is 5.75 Å². The lowest BCUT2D eigenvalue weighted by Crippen LogP contribution is -2.32. The molecular weight excluding hydrogens is 334 g/mol. The maximum Gasteiger partial charge on any atom is 0.195 e. The van der Waals surface area contributed by atoms with Crippen LogP contribution in [-0.2, 0) is 11.2 Å². The van der Waals surface area contributed by atoms with Gasteiger partial charge in [-0.1, -0.05) is 6.07 Å². The molecule has 1 aromatic carbocycles. The van der Waals surface area contributed by atoms with Gasteiger partial charge in [-0.3, -0.25) is 4.99 Å². The van der Waals surface area contributed by atoms with Crippen LogP contribution in [0, 0.1) is 0 Å². The monoisotopic (exact) mass is 361 g/mol. The van der Waals surface area contributed by atoms with Crippen molar-refractivity contribution in [1.82, 2.24) is 5.32 Å². The van der Waals surface area contributed by atoms with E-state index in [0.717, 1.165) is 30.4 Å². The first-order valence-corrected chi connectivity index (χ1v) is 9.38. The molecular formula is C19H27N3O2S. The Kier molecular flexibility index (Phi) is 8.28. The lowest BCUT2D eigenvalue weighted by molar-refractivity contribution is 0.208. The molecule has 136 valence electrons. The molecule has 0 unspecified atom stereocenters. The van der Waals surface area contributed by atoms with E-state index in [1.807, 2.05) is 38.1 Å². The van der Waals surface area contributed by atoms with Crippen molar-refractivity contribution in [2.75, 3.05) is 32.1 Å². The summed E-state index contributed by atoms with van der Waals surface area (Å²) in [4.78, 5) is 5.90. The fourth-order valence-corrected chi connectivity index (χ4v) is 2.88. The van der Waals surface area contributed by atoms with Gasteiger partial charge < -0.3 is 20.1 Å². The Balaban J connectivity index is 1.91. The minimum absolute atomic E-state index is 0.170. The third-order valence-electron chi connectivity index (χ3n) is 3.30. The quantitative estimate of drug-likeness (QED) is 0.405. The van der Waals surface area contributed by atoms with E-state index >= 15 is 0 Å². The zero-order chi connectivity index (χ0) is 17.9. The Bertz CT molecular complexity index is 625. The number of rotatable bonds is 9. The Labute approximate surface area is 154 Å². The SMILES string of the molecule is COCCN=C(NCCc1cccs1)Nc1ccc(OC(C)C)cc1.